The third kappa shape index (κ3) is 8.37. The number of hydrogen-bond donors (Lipinski definition) is 3. The number of carboxylic acids is 3. The number of rotatable bonds is 10. The molecule has 0 aliphatic rings. The maximum atomic E-state index is 11.7. The lowest BCUT2D eigenvalue weighted by Gasteiger charge is -2.12. The van der Waals surface area contributed by atoms with E-state index in [-0.39, 0.29) is 24.2 Å². The first-order valence-electron chi connectivity index (χ1n) is 5.80. The van der Waals surface area contributed by atoms with Crippen molar-refractivity contribution in [1.82, 2.24) is 0 Å². The molecule has 0 amide bonds. The Morgan fingerprint density at radius 1 is 0.905 bits per heavy atom. The topological polar surface area (TPSA) is 147 Å². The second kappa shape index (κ2) is 9.48. The predicted octanol–water partition coefficient (Wildman–Crippen LogP) is -0.103. The van der Waals surface area contributed by atoms with Gasteiger partial charge in [0.15, 0.2) is 6.61 Å². The van der Waals surface area contributed by atoms with Crippen LogP contribution in [0.5, 0.6) is 0 Å². The van der Waals surface area contributed by atoms with E-state index in [1.54, 1.807) is 0 Å². The molecule has 0 aromatic heterocycles. The van der Waals surface area contributed by atoms with Gasteiger partial charge in [-0.3, -0.25) is 9.59 Å². The zero-order valence-corrected chi connectivity index (χ0v) is 11.3. The van der Waals surface area contributed by atoms with Crippen molar-refractivity contribution in [2.75, 3.05) is 20.3 Å². The summed E-state index contributed by atoms with van der Waals surface area (Å²) < 4.78 is 9.18. The summed E-state index contributed by atoms with van der Waals surface area (Å²) in [4.78, 5) is 43.6. The lowest BCUT2D eigenvalue weighted by atomic mass is 9.99. The van der Waals surface area contributed by atoms with Gasteiger partial charge in [-0.05, 0) is 12.0 Å². The van der Waals surface area contributed by atoms with Crippen LogP contribution >= 0.6 is 0 Å². The van der Waals surface area contributed by atoms with Crippen LogP contribution in [0.25, 0.3) is 0 Å². The molecule has 21 heavy (non-hydrogen) atoms. The molecule has 9 heteroatoms. The van der Waals surface area contributed by atoms with Crippen LogP contribution in [0.1, 0.15) is 19.3 Å². The van der Waals surface area contributed by atoms with Crippen molar-refractivity contribution in [2.45, 2.75) is 19.3 Å². The summed E-state index contributed by atoms with van der Waals surface area (Å²) in [6, 6.07) is 0. The Hall–Kier alpha value is -2.42. The Morgan fingerprint density at radius 2 is 1.48 bits per heavy atom. The molecular weight excluding hydrogens is 288 g/mol. The van der Waals surface area contributed by atoms with Crippen molar-refractivity contribution in [3.8, 4) is 0 Å². The molecule has 0 saturated heterocycles. The van der Waals surface area contributed by atoms with E-state index >= 15 is 0 Å². The molecule has 0 heterocycles. The van der Waals surface area contributed by atoms with E-state index in [1.165, 1.54) is 7.11 Å². The van der Waals surface area contributed by atoms with Crippen molar-refractivity contribution in [1.29, 1.82) is 0 Å². The standard InChI is InChI=1S/C12H16O9/c1-20-3-2-7(4-9(13)14)8(5-10(15)16)12(19)21-6-11(17)18/h2-6H2,1H3,(H,13,14)(H,15,16)(H,17,18). The first-order valence-corrected chi connectivity index (χ1v) is 5.80. The minimum atomic E-state index is -1.41. The van der Waals surface area contributed by atoms with Crippen LogP contribution in [-0.4, -0.2) is 59.5 Å². The van der Waals surface area contributed by atoms with Crippen LogP contribution in [0.4, 0.5) is 0 Å². The normalized spacial score (nSPS) is 11.5. The van der Waals surface area contributed by atoms with Crippen molar-refractivity contribution >= 4 is 23.9 Å². The lowest BCUT2D eigenvalue weighted by molar-refractivity contribution is -0.153. The number of carbonyl (C=O) groups excluding carboxylic acids is 1. The minimum Gasteiger partial charge on any atom is -0.481 e. The average molecular weight is 304 g/mol. The number of esters is 1. The molecule has 0 spiro atoms. The van der Waals surface area contributed by atoms with Gasteiger partial charge in [-0.1, -0.05) is 0 Å². The maximum absolute atomic E-state index is 11.7. The van der Waals surface area contributed by atoms with E-state index in [1.807, 2.05) is 0 Å². The van der Waals surface area contributed by atoms with Gasteiger partial charge in [0.2, 0.25) is 0 Å². The summed E-state index contributed by atoms with van der Waals surface area (Å²) in [6.07, 6.45) is -1.30. The van der Waals surface area contributed by atoms with Gasteiger partial charge in [-0.25, -0.2) is 9.59 Å². The molecule has 0 rings (SSSR count). The van der Waals surface area contributed by atoms with Gasteiger partial charge < -0.3 is 24.8 Å². The van der Waals surface area contributed by atoms with Gasteiger partial charge in [0.25, 0.3) is 0 Å². The number of hydrogen-bond acceptors (Lipinski definition) is 6. The van der Waals surface area contributed by atoms with Gasteiger partial charge in [-0.15, -0.1) is 0 Å². The van der Waals surface area contributed by atoms with E-state index in [4.69, 9.17) is 20.1 Å². The SMILES string of the molecule is COCCC(CC(=O)O)=C(CC(=O)O)C(=O)OCC(=O)O. The summed E-state index contributed by atoms with van der Waals surface area (Å²) in [5.74, 6) is -5.19. The Balaban J connectivity index is 5.35. The Kier molecular flexibility index (Phi) is 8.39. The van der Waals surface area contributed by atoms with Gasteiger partial charge in [0.05, 0.1) is 12.8 Å². The molecule has 0 atom stereocenters. The van der Waals surface area contributed by atoms with Gasteiger partial charge in [0.1, 0.15) is 0 Å². The van der Waals surface area contributed by atoms with Crippen LogP contribution in [0.15, 0.2) is 11.1 Å². The number of carboxylic acid groups (broad SMARTS) is 3. The molecule has 118 valence electrons. The molecular formula is C12H16O9. The molecule has 0 aliphatic carbocycles. The van der Waals surface area contributed by atoms with E-state index in [9.17, 15) is 19.2 Å². The second-order valence-electron chi connectivity index (χ2n) is 3.94. The van der Waals surface area contributed by atoms with Crippen molar-refractivity contribution in [2.24, 2.45) is 0 Å². The molecule has 0 aromatic rings. The maximum Gasteiger partial charge on any atom is 0.341 e. The Labute approximate surface area is 119 Å². The quantitative estimate of drug-likeness (QED) is 0.371. The fourth-order valence-electron chi connectivity index (χ4n) is 1.46. The van der Waals surface area contributed by atoms with E-state index in [0.29, 0.717) is 0 Å². The van der Waals surface area contributed by atoms with Crippen molar-refractivity contribution < 1.29 is 44.0 Å². The molecule has 0 aromatic carbocycles. The van der Waals surface area contributed by atoms with Crippen LogP contribution < -0.4 is 0 Å². The van der Waals surface area contributed by atoms with Crippen LogP contribution in [0.3, 0.4) is 0 Å². The minimum absolute atomic E-state index is 0.0214. The van der Waals surface area contributed by atoms with Crippen LogP contribution in [0.2, 0.25) is 0 Å². The molecule has 0 fully saturated rings. The highest BCUT2D eigenvalue weighted by Crippen LogP contribution is 2.18. The zero-order chi connectivity index (χ0) is 16.4. The molecule has 0 unspecified atom stereocenters. The highest BCUT2D eigenvalue weighted by Gasteiger charge is 2.22. The summed E-state index contributed by atoms with van der Waals surface area (Å²) in [5.41, 5.74) is -0.342. The fourth-order valence-corrected chi connectivity index (χ4v) is 1.46. The molecule has 0 saturated carbocycles. The Morgan fingerprint density at radius 3 is 1.90 bits per heavy atom. The molecule has 3 N–H and O–H groups in total. The third-order valence-corrected chi connectivity index (χ3v) is 2.30. The summed E-state index contributed by atoms with van der Waals surface area (Å²) in [6.45, 7) is -0.857. The summed E-state index contributed by atoms with van der Waals surface area (Å²) >= 11 is 0. The van der Waals surface area contributed by atoms with Crippen molar-refractivity contribution in [3.05, 3.63) is 11.1 Å². The number of carbonyl (C=O) groups is 4. The number of methoxy groups -OCH3 is 1. The molecule has 0 bridgehead atoms. The largest absolute Gasteiger partial charge is 0.481 e. The first-order chi connectivity index (χ1) is 9.77. The highest BCUT2D eigenvalue weighted by atomic mass is 16.5. The van der Waals surface area contributed by atoms with Gasteiger partial charge >= 0.3 is 23.9 Å². The fraction of sp³-hybridized carbons (Fsp3) is 0.500. The molecule has 0 radical (unpaired) electrons. The number of aliphatic carboxylic acids is 3. The smallest absolute Gasteiger partial charge is 0.341 e. The van der Waals surface area contributed by atoms with E-state index in [0.717, 1.165) is 0 Å². The average Bonchev–Trinajstić information content (AvgIpc) is 2.37. The first kappa shape index (κ1) is 18.6. The van der Waals surface area contributed by atoms with E-state index < -0.39 is 43.3 Å². The Bertz CT molecular complexity index is 450. The van der Waals surface area contributed by atoms with Gasteiger partial charge in [0, 0.05) is 19.3 Å². The van der Waals surface area contributed by atoms with Crippen LogP contribution in [0, 0.1) is 0 Å². The van der Waals surface area contributed by atoms with E-state index in [2.05, 4.69) is 4.74 Å². The summed E-state index contributed by atoms with van der Waals surface area (Å²) in [7, 11) is 1.36. The summed E-state index contributed by atoms with van der Waals surface area (Å²) in [5, 5.41) is 26.0. The predicted molar refractivity (Wildman–Crippen MR) is 66.6 cm³/mol. The van der Waals surface area contributed by atoms with Gasteiger partial charge in [-0.2, -0.15) is 0 Å². The molecule has 9 nitrogen and oxygen atoms in total. The highest BCUT2D eigenvalue weighted by molar-refractivity contribution is 5.95. The lowest BCUT2D eigenvalue weighted by Crippen LogP contribution is -2.19. The zero-order valence-electron chi connectivity index (χ0n) is 11.3. The number of ether oxygens (including phenoxy) is 2. The second-order valence-corrected chi connectivity index (χ2v) is 3.94. The molecule has 0 aliphatic heterocycles. The third-order valence-electron chi connectivity index (χ3n) is 2.30. The van der Waals surface area contributed by atoms with Crippen LogP contribution in [-0.2, 0) is 28.7 Å². The monoisotopic (exact) mass is 304 g/mol. The van der Waals surface area contributed by atoms with Crippen molar-refractivity contribution in [3.63, 3.8) is 0 Å².